The zero-order valence-corrected chi connectivity index (χ0v) is 13.2. The van der Waals surface area contributed by atoms with E-state index in [4.69, 9.17) is 14.6 Å². The molecule has 1 atom stereocenters. The number of carboxylic acids is 1. The monoisotopic (exact) mass is 307 g/mol. The third kappa shape index (κ3) is 5.22. The van der Waals surface area contributed by atoms with Gasteiger partial charge in [-0.05, 0) is 50.4 Å². The van der Waals surface area contributed by atoms with E-state index < -0.39 is 5.97 Å². The number of likely N-dealkylation sites (tertiary alicyclic amines) is 1. The second-order valence-electron chi connectivity index (χ2n) is 5.74. The van der Waals surface area contributed by atoms with Gasteiger partial charge >= 0.3 is 5.97 Å². The largest absolute Gasteiger partial charge is 0.493 e. The third-order valence-electron chi connectivity index (χ3n) is 4.14. The van der Waals surface area contributed by atoms with Crippen molar-refractivity contribution in [1.82, 2.24) is 4.90 Å². The number of ether oxygens (including phenoxy) is 2. The summed E-state index contributed by atoms with van der Waals surface area (Å²) in [7, 11) is 1.64. The Hall–Kier alpha value is -1.75. The Morgan fingerprint density at radius 2 is 2.05 bits per heavy atom. The zero-order valence-electron chi connectivity index (χ0n) is 13.2. The summed E-state index contributed by atoms with van der Waals surface area (Å²) in [6.07, 6.45) is 3.33. The van der Waals surface area contributed by atoms with Crippen molar-refractivity contribution < 1.29 is 19.4 Å². The van der Waals surface area contributed by atoms with Crippen molar-refractivity contribution in [3.05, 3.63) is 24.3 Å². The molecule has 2 rings (SSSR count). The molecule has 1 fully saturated rings. The van der Waals surface area contributed by atoms with Crippen LogP contribution < -0.4 is 9.47 Å². The van der Waals surface area contributed by atoms with Crippen LogP contribution in [0.15, 0.2) is 24.3 Å². The lowest BCUT2D eigenvalue weighted by Crippen LogP contribution is -2.29. The van der Waals surface area contributed by atoms with Gasteiger partial charge in [0.25, 0.3) is 0 Å². The van der Waals surface area contributed by atoms with E-state index in [9.17, 15) is 4.79 Å². The first-order valence-electron chi connectivity index (χ1n) is 7.89. The number of methoxy groups -OCH3 is 1. The van der Waals surface area contributed by atoms with Gasteiger partial charge in [0, 0.05) is 13.0 Å². The first-order valence-corrected chi connectivity index (χ1v) is 7.89. The van der Waals surface area contributed by atoms with Gasteiger partial charge in [0.15, 0.2) is 11.5 Å². The van der Waals surface area contributed by atoms with Crippen LogP contribution in [0, 0.1) is 5.92 Å². The molecular formula is C17H25NO4. The van der Waals surface area contributed by atoms with Crippen LogP contribution in [0.1, 0.15) is 25.7 Å². The Balaban J connectivity index is 1.74. The number of aliphatic carboxylic acids is 1. The molecule has 1 saturated heterocycles. The van der Waals surface area contributed by atoms with Gasteiger partial charge in [-0.1, -0.05) is 12.1 Å². The number of carboxylic acid groups (broad SMARTS) is 1. The lowest BCUT2D eigenvalue weighted by Gasteiger charge is -2.20. The van der Waals surface area contributed by atoms with Gasteiger partial charge in [0.2, 0.25) is 0 Å². The highest BCUT2D eigenvalue weighted by Crippen LogP contribution is 2.26. The SMILES string of the molecule is COc1ccccc1OCCN1CCCC(CC(=O)O)CC1. The summed E-state index contributed by atoms with van der Waals surface area (Å²) in [6.45, 7) is 3.44. The molecule has 0 spiro atoms. The van der Waals surface area contributed by atoms with Crippen LogP contribution in [0.3, 0.4) is 0 Å². The van der Waals surface area contributed by atoms with Crippen LogP contribution >= 0.6 is 0 Å². The second kappa shape index (κ2) is 8.63. The summed E-state index contributed by atoms with van der Waals surface area (Å²) < 4.78 is 11.1. The lowest BCUT2D eigenvalue weighted by atomic mass is 9.97. The molecule has 0 bridgehead atoms. The van der Waals surface area contributed by atoms with E-state index in [1.807, 2.05) is 24.3 Å². The molecule has 122 valence electrons. The van der Waals surface area contributed by atoms with Crippen LogP contribution in [0.4, 0.5) is 0 Å². The van der Waals surface area contributed by atoms with E-state index in [1.54, 1.807) is 7.11 Å². The highest BCUT2D eigenvalue weighted by Gasteiger charge is 2.19. The number of benzene rings is 1. The zero-order chi connectivity index (χ0) is 15.8. The quantitative estimate of drug-likeness (QED) is 0.839. The Bertz CT molecular complexity index is 477. The van der Waals surface area contributed by atoms with Crippen molar-refractivity contribution in [2.75, 3.05) is 33.4 Å². The summed E-state index contributed by atoms with van der Waals surface area (Å²) in [5.74, 6) is 1.15. The molecule has 5 nitrogen and oxygen atoms in total. The molecular weight excluding hydrogens is 282 g/mol. The molecule has 0 aromatic heterocycles. The summed E-state index contributed by atoms with van der Waals surface area (Å²) in [4.78, 5) is 13.2. The van der Waals surface area contributed by atoms with Crippen LogP contribution in [-0.4, -0.2) is 49.3 Å². The fourth-order valence-corrected chi connectivity index (χ4v) is 2.92. The highest BCUT2D eigenvalue weighted by atomic mass is 16.5. The molecule has 0 saturated carbocycles. The van der Waals surface area contributed by atoms with Gasteiger partial charge in [0.05, 0.1) is 7.11 Å². The smallest absolute Gasteiger partial charge is 0.303 e. The Labute approximate surface area is 131 Å². The number of hydrogen-bond donors (Lipinski definition) is 1. The van der Waals surface area contributed by atoms with Crippen molar-refractivity contribution in [3.8, 4) is 11.5 Å². The van der Waals surface area contributed by atoms with E-state index in [0.29, 0.717) is 18.9 Å². The molecule has 1 aliphatic heterocycles. The predicted molar refractivity (Wildman–Crippen MR) is 84.5 cm³/mol. The van der Waals surface area contributed by atoms with Gasteiger partial charge in [-0.25, -0.2) is 0 Å². The standard InChI is InChI=1S/C17H25NO4/c1-21-15-6-2-3-7-16(15)22-12-11-18-9-4-5-14(8-10-18)13-17(19)20/h2-3,6-7,14H,4-5,8-13H2,1H3,(H,19,20). The van der Waals surface area contributed by atoms with E-state index >= 15 is 0 Å². The predicted octanol–water partition coefficient (Wildman–Crippen LogP) is 2.65. The average Bonchev–Trinajstić information content (AvgIpc) is 2.73. The van der Waals surface area contributed by atoms with E-state index in [0.717, 1.165) is 50.4 Å². The number of para-hydroxylation sites is 2. The van der Waals surface area contributed by atoms with Crippen LogP contribution in [-0.2, 0) is 4.79 Å². The summed E-state index contributed by atoms with van der Waals surface area (Å²) >= 11 is 0. The molecule has 1 heterocycles. The van der Waals surface area contributed by atoms with Crippen molar-refractivity contribution in [3.63, 3.8) is 0 Å². The van der Waals surface area contributed by atoms with Crippen molar-refractivity contribution in [2.24, 2.45) is 5.92 Å². The minimum atomic E-state index is -0.682. The average molecular weight is 307 g/mol. The Kier molecular flexibility index (Phi) is 6.52. The molecule has 1 unspecified atom stereocenters. The molecule has 1 aromatic carbocycles. The molecule has 0 radical (unpaired) electrons. The van der Waals surface area contributed by atoms with E-state index in [-0.39, 0.29) is 0 Å². The van der Waals surface area contributed by atoms with Crippen molar-refractivity contribution in [2.45, 2.75) is 25.7 Å². The van der Waals surface area contributed by atoms with Gasteiger partial charge < -0.3 is 14.6 Å². The van der Waals surface area contributed by atoms with E-state index in [1.165, 1.54) is 0 Å². The van der Waals surface area contributed by atoms with Crippen LogP contribution in [0.5, 0.6) is 11.5 Å². The van der Waals surface area contributed by atoms with E-state index in [2.05, 4.69) is 4.90 Å². The maximum Gasteiger partial charge on any atom is 0.303 e. The molecule has 1 aromatic rings. The highest BCUT2D eigenvalue weighted by molar-refractivity contribution is 5.67. The Morgan fingerprint density at radius 1 is 1.27 bits per heavy atom. The summed E-state index contributed by atoms with van der Waals surface area (Å²) in [5.41, 5.74) is 0. The molecule has 1 aliphatic rings. The number of rotatable bonds is 7. The first kappa shape index (κ1) is 16.6. The fraction of sp³-hybridized carbons (Fsp3) is 0.588. The van der Waals surface area contributed by atoms with Gasteiger partial charge in [0.1, 0.15) is 6.61 Å². The molecule has 0 amide bonds. The van der Waals surface area contributed by atoms with Gasteiger partial charge in [-0.3, -0.25) is 9.69 Å². The van der Waals surface area contributed by atoms with Crippen LogP contribution in [0.2, 0.25) is 0 Å². The van der Waals surface area contributed by atoms with Crippen molar-refractivity contribution in [1.29, 1.82) is 0 Å². The molecule has 0 aliphatic carbocycles. The second-order valence-corrected chi connectivity index (χ2v) is 5.74. The van der Waals surface area contributed by atoms with Gasteiger partial charge in [-0.15, -0.1) is 0 Å². The number of nitrogens with zero attached hydrogens (tertiary/aromatic N) is 1. The topological polar surface area (TPSA) is 59.0 Å². The minimum absolute atomic E-state index is 0.297. The van der Waals surface area contributed by atoms with Gasteiger partial charge in [-0.2, -0.15) is 0 Å². The summed E-state index contributed by atoms with van der Waals surface area (Å²) in [5, 5.41) is 8.89. The minimum Gasteiger partial charge on any atom is -0.493 e. The van der Waals surface area contributed by atoms with Crippen molar-refractivity contribution >= 4 is 5.97 Å². The normalized spacial score (nSPS) is 19.4. The lowest BCUT2D eigenvalue weighted by molar-refractivity contribution is -0.138. The third-order valence-corrected chi connectivity index (χ3v) is 4.14. The number of carbonyl (C=O) groups is 1. The molecule has 1 N–H and O–H groups in total. The fourth-order valence-electron chi connectivity index (χ4n) is 2.92. The maximum atomic E-state index is 10.8. The molecule has 22 heavy (non-hydrogen) atoms. The summed E-state index contributed by atoms with van der Waals surface area (Å²) in [6, 6.07) is 7.64. The first-order chi connectivity index (χ1) is 10.7. The Morgan fingerprint density at radius 3 is 2.77 bits per heavy atom. The molecule has 5 heteroatoms. The number of hydrogen-bond acceptors (Lipinski definition) is 4. The van der Waals surface area contributed by atoms with Crippen LogP contribution in [0.25, 0.3) is 0 Å². The maximum absolute atomic E-state index is 10.8.